The molecule has 2 bridgehead atoms. The van der Waals surface area contributed by atoms with Gasteiger partial charge in [-0.3, -0.25) is 0 Å². The van der Waals surface area contributed by atoms with E-state index in [2.05, 4.69) is 28.6 Å². The van der Waals surface area contributed by atoms with E-state index in [9.17, 15) is 18.3 Å². The fourth-order valence-corrected chi connectivity index (χ4v) is 11.3. The molecule has 9 heteroatoms. The average molecular weight is 576 g/mol. The number of sulfonamides is 1. The van der Waals surface area contributed by atoms with E-state index in [0.29, 0.717) is 25.4 Å². The van der Waals surface area contributed by atoms with Crippen molar-refractivity contribution >= 4 is 26.9 Å². The maximum atomic E-state index is 14.8. The number of rotatable bonds is 5. The Balaban J connectivity index is 1.38. The molecule has 0 spiro atoms. The molecule has 4 heterocycles. The maximum Gasteiger partial charge on any atom is 0.335 e. The summed E-state index contributed by atoms with van der Waals surface area (Å²) in [5.74, 6) is -0.00347. The molecule has 2 saturated carbocycles. The van der Waals surface area contributed by atoms with Gasteiger partial charge in [-0.1, -0.05) is 25.3 Å². The number of methoxy groups -OCH3 is 1. The summed E-state index contributed by atoms with van der Waals surface area (Å²) >= 11 is 0. The number of carboxylic acid groups (broad SMARTS) is 1. The van der Waals surface area contributed by atoms with Crippen molar-refractivity contribution in [3.05, 3.63) is 53.1 Å². The quantitative estimate of drug-likeness (QED) is 0.459. The lowest BCUT2D eigenvalue weighted by atomic mass is 9.81. The lowest BCUT2D eigenvalue weighted by Gasteiger charge is -2.34. The number of aromatic nitrogens is 1. The predicted octanol–water partition coefficient (Wildman–Crippen LogP) is 5.02. The van der Waals surface area contributed by atoms with Gasteiger partial charge >= 0.3 is 5.97 Å². The highest BCUT2D eigenvalue weighted by molar-refractivity contribution is 7.91. The van der Waals surface area contributed by atoms with Crippen molar-refractivity contribution < 1.29 is 23.1 Å². The van der Waals surface area contributed by atoms with Crippen LogP contribution in [0.15, 0.2) is 36.4 Å². The Morgan fingerprint density at radius 2 is 1.85 bits per heavy atom. The smallest absolute Gasteiger partial charge is 0.335 e. The molecule has 8 nitrogen and oxygen atoms in total. The van der Waals surface area contributed by atoms with E-state index in [-0.39, 0.29) is 23.6 Å². The highest BCUT2D eigenvalue weighted by Crippen LogP contribution is 2.64. The summed E-state index contributed by atoms with van der Waals surface area (Å²) in [6.45, 7) is 1.67. The number of carbonyl (C=O) groups is 1. The van der Waals surface area contributed by atoms with Crippen LogP contribution in [0.1, 0.15) is 78.3 Å². The Bertz CT molecular complexity index is 1710. The minimum absolute atomic E-state index is 0.0240. The van der Waals surface area contributed by atoms with Gasteiger partial charge in [0.05, 0.1) is 18.4 Å². The Hall–Kier alpha value is -2.88. The predicted molar refractivity (Wildman–Crippen MR) is 157 cm³/mol. The molecule has 41 heavy (non-hydrogen) atoms. The minimum atomic E-state index is -3.65. The number of piperazine rings is 1. The Morgan fingerprint density at radius 3 is 2.54 bits per heavy atom. The molecule has 2 saturated heterocycles. The van der Waals surface area contributed by atoms with E-state index in [1.807, 2.05) is 16.4 Å². The fourth-order valence-electron chi connectivity index (χ4n) is 8.79. The number of aromatic carboxylic acids is 1. The van der Waals surface area contributed by atoms with Crippen LogP contribution < -0.4 is 4.74 Å². The van der Waals surface area contributed by atoms with Crippen LogP contribution in [-0.4, -0.2) is 77.3 Å². The summed E-state index contributed by atoms with van der Waals surface area (Å²) in [6, 6.07) is 11.9. The monoisotopic (exact) mass is 575 g/mol. The largest absolute Gasteiger partial charge is 0.497 e. The van der Waals surface area contributed by atoms with Gasteiger partial charge in [-0.05, 0) is 80.1 Å². The summed E-state index contributed by atoms with van der Waals surface area (Å²) in [7, 11) is 0.0949. The van der Waals surface area contributed by atoms with Crippen molar-refractivity contribution in [3.63, 3.8) is 0 Å². The fraction of sp³-hybridized carbons (Fsp3) is 0.531. The van der Waals surface area contributed by atoms with Gasteiger partial charge in [0.25, 0.3) is 0 Å². The lowest BCUT2D eigenvalue weighted by Crippen LogP contribution is -2.52. The molecule has 2 unspecified atom stereocenters. The normalized spacial score (nSPS) is 29.7. The van der Waals surface area contributed by atoms with Crippen LogP contribution in [-0.2, 0) is 16.6 Å². The Labute approximate surface area is 240 Å². The van der Waals surface area contributed by atoms with Gasteiger partial charge in [0, 0.05) is 54.1 Å². The molecule has 8 rings (SSSR count). The summed E-state index contributed by atoms with van der Waals surface area (Å²) in [6.07, 6.45) is 7.23. The number of carboxylic acids is 1. The third-order valence-electron chi connectivity index (χ3n) is 11.0. The third-order valence-corrected chi connectivity index (χ3v) is 13.7. The van der Waals surface area contributed by atoms with E-state index >= 15 is 0 Å². The summed E-state index contributed by atoms with van der Waals surface area (Å²) < 4.78 is 38.2. The molecule has 2 aromatic carbocycles. The molecule has 5 aliphatic rings. The van der Waals surface area contributed by atoms with Crippen LogP contribution in [0.25, 0.3) is 22.2 Å². The summed E-state index contributed by atoms with van der Waals surface area (Å²) in [5, 5.41) is 11.0. The first-order chi connectivity index (χ1) is 19.7. The van der Waals surface area contributed by atoms with E-state index in [1.165, 1.54) is 24.8 Å². The van der Waals surface area contributed by atoms with Gasteiger partial charge in [-0.15, -0.1) is 0 Å². The molecule has 216 valence electrons. The zero-order valence-electron chi connectivity index (χ0n) is 23.7. The number of likely N-dealkylation sites (N-methyl/N-ethyl adjacent to an activating group) is 1. The number of ether oxygens (including phenoxy) is 1. The third kappa shape index (κ3) is 3.52. The molecule has 4 fully saturated rings. The van der Waals surface area contributed by atoms with Gasteiger partial charge in [0.2, 0.25) is 10.0 Å². The zero-order chi connectivity index (χ0) is 28.3. The highest BCUT2D eigenvalue weighted by Gasteiger charge is 2.69. The van der Waals surface area contributed by atoms with Gasteiger partial charge in [0.1, 0.15) is 10.5 Å². The van der Waals surface area contributed by atoms with Crippen LogP contribution in [0.5, 0.6) is 5.75 Å². The summed E-state index contributed by atoms with van der Waals surface area (Å²) in [5.41, 5.74) is 5.53. The van der Waals surface area contributed by atoms with E-state index in [0.717, 1.165) is 59.3 Å². The van der Waals surface area contributed by atoms with E-state index < -0.39 is 20.7 Å². The van der Waals surface area contributed by atoms with Crippen molar-refractivity contribution in [3.8, 4) is 17.0 Å². The van der Waals surface area contributed by atoms with Crippen LogP contribution in [0.2, 0.25) is 0 Å². The van der Waals surface area contributed by atoms with Gasteiger partial charge < -0.3 is 19.3 Å². The highest BCUT2D eigenvalue weighted by atomic mass is 32.2. The maximum absolute atomic E-state index is 14.8. The number of likely N-dealkylation sites (tertiary alicyclic amines) is 1. The van der Waals surface area contributed by atoms with Crippen molar-refractivity contribution in [2.24, 2.45) is 0 Å². The topological polar surface area (TPSA) is 92.1 Å². The van der Waals surface area contributed by atoms with Crippen molar-refractivity contribution in [1.29, 1.82) is 0 Å². The summed E-state index contributed by atoms with van der Waals surface area (Å²) in [4.78, 5) is 14.4. The van der Waals surface area contributed by atoms with Crippen molar-refractivity contribution in [2.45, 2.75) is 80.2 Å². The molecule has 0 radical (unpaired) electrons. The van der Waals surface area contributed by atoms with Gasteiger partial charge in [-0.25, -0.2) is 13.2 Å². The second-order valence-corrected chi connectivity index (χ2v) is 15.3. The van der Waals surface area contributed by atoms with Crippen LogP contribution >= 0.6 is 0 Å². The Kier molecular flexibility index (Phi) is 5.55. The van der Waals surface area contributed by atoms with E-state index in [1.54, 1.807) is 19.2 Å². The molecule has 3 aromatic rings. The molecular weight excluding hydrogens is 538 g/mol. The number of hydrogen-bond acceptors (Lipinski definition) is 5. The molecule has 3 aliphatic heterocycles. The second kappa shape index (κ2) is 8.82. The first-order valence-corrected chi connectivity index (χ1v) is 16.5. The number of nitrogens with zero attached hydrogens (tertiary/aromatic N) is 3. The number of hydrogen-bond donors (Lipinski definition) is 1. The van der Waals surface area contributed by atoms with Crippen LogP contribution in [0.4, 0.5) is 0 Å². The van der Waals surface area contributed by atoms with Crippen LogP contribution in [0.3, 0.4) is 0 Å². The number of benzene rings is 2. The lowest BCUT2D eigenvalue weighted by molar-refractivity contribution is 0.0697. The molecule has 1 aromatic heterocycles. The van der Waals surface area contributed by atoms with Crippen molar-refractivity contribution in [1.82, 2.24) is 13.8 Å². The molecular formula is C32H37N3O5S. The minimum Gasteiger partial charge on any atom is -0.497 e. The molecule has 4 atom stereocenters. The average Bonchev–Trinajstić information content (AvgIpc) is 3.24. The van der Waals surface area contributed by atoms with Crippen LogP contribution in [0, 0.1) is 0 Å². The zero-order valence-corrected chi connectivity index (χ0v) is 24.5. The second-order valence-electron chi connectivity index (χ2n) is 13.1. The number of fused-ring (bicyclic) bond motifs is 9. The molecule has 0 amide bonds. The standard InChI is InChI=1S/C32H37N3O5S/c1-33-16-22-13-21(33)17-35(22)41(38,39)32-15-27(32)26-14-23(40-2)9-11-24(26)30-29(19-6-4-3-5-7-19)25-10-8-20(31(36)37)12-28(25)34(30)18-32/h8-12,14,19,21-22,27H,3-7,13,15-18H2,1-2H3,(H,36,37)/t21-,22-,27?,32?/m1/s1. The van der Waals surface area contributed by atoms with Gasteiger partial charge in [-0.2, -0.15) is 4.31 Å². The van der Waals surface area contributed by atoms with Gasteiger partial charge in [0.15, 0.2) is 0 Å². The molecule has 1 N–H and O–H groups in total. The van der Waals surface area contributed by atoms with E-state index in [4.69, 9.17) is 4.74 Å². The molecule has 2 aliphatic carbocycles. The van der Waals surface area contributed by atoms with Crippen molar-refractivity contribution in [2.75, 3.05) is 27.2 Å². The first kappa shape index (κ1) is 25.8. The first-order valence-electron chi connectivity index (χ1n) is 15.0. The Morgan fingerprint density at radius 1 is 1.05 bits per heavy atom. The SMILES string of the molecule is COc1ccc2c(c1)C1CC1(S(=O)(=O)N1C[C@H]3C[C@@H]1CN3C)Cn1c-2c(C2CCCCC2)c2ccc(C(=O)O)cc21.